The molecule has 0 spiro atoms. The minimum atomic E-state index is -0.254. The van der Waals surface area contributed by atoms with E-state index in [0.29, 0.717) is 10.0 Å². The fourth-order valence-corrected chi connectivity index (χ4v) is 2.27. The zero-order valence-electron chi connectivity index (χ0n) is 10.4. The van der Waals surface area contributed by atoms with Crippen molar-refractivity contribution in [3.05, 3.63) is 46.0 Å². The lowest BCUT2D eigenvalue weighted by Crippen LogP contribution is -2.30. The molecule has 100 valence electrons. The molecule has 0 bridgehead atoms. The standard InChI is InChI=1S/C12H12Cl2N4O/c1-7(9-4-3-8(13)5-10(9)14)18(2)12(19)11-15-6-16-17-11/h3-7H,1-2H3,(H,15,16,17). The van der Waals surface area contributed by atoms with Gasteiger partial charge in [-0.25, -0.2) is 4.98 Å². The molecule has 1 heterocycles. The highest BCUT2D eigenvalue weighted by Gasteiger charge is 2.22. The van der Waals surface area contributed by atoms with Gasteiger partial charge in [-0.05, 0) is 24.6 Å². The monoisotopic (exact) mass is 298 g/mol. The number of carbonyl (C=O) groups is 1. The first-order valence-corrected chi connectivity index (χ1v) is 6.33. The van der Waals surface area contributed by atoms with Gasteiger partial charge in [0, 0.05) is 17.1 Å². The van der Waals surface area contributed by atoms with E-state index in [0.717, 1.165) is 5.56 Å². The first-order valence-electron chi connectivity index (χ1n) is 5.58. The summed E-state index contributed by atoms with van der Waals surface area (Å²) in [5.74, 6) is -0.0598. The number of carbonyl (C=O) groups excluding carboxylic acids is 1. The lowest BCUT2D eigenvalue weighted by atomic mass is 10.1. The average Bonchev–Trinajstić information content (AvgIpc) is 2.90. The van der Waals surface area contributed by atoms with Crippen LogP contribution in [0.5, 0.6) is 0 Å². The minimum absolute atomic E-state index is 0.194. The number of hydrogen-bond acceptors (Lipinski definition) is 3. The maximum Gasteiger partial charge on any atom is 0.291 e. The lowest BCUT2D eigenvalue weighted by Gasteiger charge is -2.25. The molecular formula is C12H12Cl2N4O. The van der Waals surface area contributed by atoms with Gasteiger partial charge in [0.2, 0.25) is 5.82 Å². The van der Waals surface area contributed by atoms with Gasteiger partial charge in [-0.3, -0.25) is 9.89 Å². The van der Waals surface area contributed by atoms with Crippen LogP contribution >= 0.6 is 23.2 Å². The molecule has 1 atom stereocenters. The van der Waals surface area contributed by atoms with Crippen LogP contribution in [0.3, 0.4) is 0 Å². The quantitative estimate of drug-likeness (QED) is 0.947. The molecule has 1 N–H and O–H groups in total. The van der Waals surface area contributed by atoms with Crippen molar-refractivity contribution in [3.63, 3.8) is 0 Å². The SMILES string of the molecule is CC(c1ccc(Cl)cc1Cl)N(C)C(=O)c1ncn[nH]1. The zero-order chi connectivity index (χ0) is 14.0. The lowest BCUT2D eigenvalue weighted by molar-refractivity contribution is 0.0731. The summed E-state index contributed by atoms with van der Waals surface area (Å²) in [6, 6.07) is 5.00. The van der Waals surface area contributed by atoms with E-state index in [1.807, 2.05) is 6.92 Å². The largest absolute Gasteiger partial charge is 0.332 e. The van der Waals surface area contributed by atoms with Gasteiger partial charge in [0.1, 0.15) is 6.33 Å². The minimum Gasteiger partial charge on any atom is -0.332 e. The molecule has 1 aromatic heterocycles. The Hall–Kier alpha value is -1.59. The molecule has 1 aromatic carbocycles. The Kier molecular flexibility index (Phi) is 4.07. The van der Waals surface area contributed by atoms with Gasteiger partial charge >= 0.3 is 0 Å². The molecule has 0 aliphatic carbocycles. The number of aromatic amines is 1. The second kappa shape index (κ2) is 5.59. The summed E-state index contributed by atoms with van der Waals surface area (Å²) in [7, 11) is 1.68. The van der Waals surface area contributed by atoms with Crippen molar-refractivity contribution in [1.29, 1.82) is 0 Å². The fraction of sp³-hybridized carbons (Fsp3) is 0.250. The summed E-state index contributed by atoms with van der Waals surface area (Å²) in [6.45, 7) is 1.88. The number of amides is 1. The number of rotatable bonds is 3. The molecule has 1 unspecified atom stereocenters. The van der Waals surface area contributed by atoms with Gasteiger partial charge < -0.3 is 4.90 Å². The summed E-state index contributed by atoms with van der Waals surface area (Å²) in [4.78, 5) is 17.5. The van der Waals surface area contributed by atoms with Crippen LogP contribution in [0.2, 0.25) is 10.0 Å². The Morgan fingerprint density at radius 1 is 1.42 bits per heavy atom. The molecular weight excluding hydrogens is 287 g/mol. The van der Waals surface area contributed by atoms with Crippen molar-refractivity contribution < 1.29 is 4.79 Å². The van der Waals surface area contributed by atoms with Crippen LogP contribution in [0.15, 0.2) is 24.5 Å². The first kappa shape index (κ1) is 13.8. The van der Waals surface area contributed by atoms with Crippen LogP contribution in [0, 0.1) is 0 Å². The van der Waals surface area contributed by atoms with Crippen molar-refractivity contribution in [2.45, 2.75) is 13.0 Å². The van der Waals surface area contributed by atoms with E-state index in [2.05, 4.69) is 15.2 Å². The number of aromatic nitrogens is 3. The van der Waals surface area contributed by atoms with Gasteiger partial charge in [0.15, 0.2) is 0 Å². The topological polar surface area (TPSA) is 61.9 Å². The Bertz CT molecular complexity index is 585. The van der Waals surface area contributed by atoms with Crippen molar-refractivity contribution in [3.8, 4) is 0 Å². The van der Waals surface area contributed by atoms with Crippen LogP contribution in [0.1, 0.15) is 29.1 Å². The van der Waals surface area contributed by atoms with Gasteiger partial charge in [-0.2, -0.15) is 5.10 Å². The highest BCUT2D eigenvalue weighted by molar-refractivity contribution is 6.35. The summed E-state index contributed by atoms with van der Waals surface area (Å²) < 4.78 is 0. The van der Waals surface area contributed by atoms with Gasteiger partial charge in [-0.1, -0.05) is 29.3 Å². The number of hydrogen-bond donors (Lipinski definition) is 1. The van der Waals surface area contributed by atoms with Crippen molar-refractivity contribution >= 4 is 29.1 Å². The smallest absolute Gasteiger partial charge is 0.291 e. The van der Waals surface area contributed by atoms with E-state index in [4.69, 9.17) is 23.2 Å². The molecule has 2 rings (SSSR count). The Morgan fingerprint density at radius 2 is 2.16 bits per heavy atom. The molecule has 2 aromatic rings. The number of nitrogens with zero attached hydrogens (tertiary/aromatic N) is 3. The van der Waals surface area contributed by atoms with E-state index in [-0.39, 0.29) is 17.8 Å². The van der Waals surface area contributed by atoms with Crippen molar-refractivity contribution in [2.75, 3.05) is 7.05 Å². The third kappa shape index (κ3) is 2.88. The van der Waals surface area contributed by atoms with Gasteiger partial charge in [0.25, 0.3) is 5.91 Å². The molecule has 0 saturated heterocycles. The Morgan fingerprint density at radius 3 is 2.74 bits per heavy atom. The predicted molar refractivity (Wildman–Crippen MR) is 73.4 cm³/mol. The summed E-state index contributed by atoms with van der Waals surface area (Å²) in [5, 5.41) is 7.29. The van der Waals surface area contributed by atoms with E-state index in [9.17, 15) is 4.79 Å². The third-order valence-corrected chi connectivity index (χ3v) is 3.49. The molecule has 19 heavy (non-hydrogen) atoms. The molecule has 0 aliphatic heterocycles. The summed E-state index contributed by atoms with van der Waals surface area (Å²) in [6.07, 6.45) is 1.29. The first-order chi connectivity index (χ1) is 9.00. The predicted octanol–water partition coefficient (Wildman–Crippen LogP) is 2.94. The summed E-state index contributed by atoms with van der Waals surface area (Å²) >= 11 is 12.0. The molecule has 1 amide bonds. The molecule has 7 heteroatoms. The van der Waals surface area contributed by atoms with Crippen LogP contribution in [0.25, 0.3) is 0 Å². The second-order valence-electron chi connectivity index (χ2n) is 4.09. The van der Waals surface area contributed by atoms with E-state index in [1.165, 1.54) is 11.2 Å². The molecule has 0 radical (unpaired) electrons. The fourth-order valence-electron chi connectivity index (χ4n) is 1.70. The number of benzene rings is 1. The molecule has 0 saturated carbocycles. The Balaban J connectivity index is 2.23. The third-order valence-electron chi connectivity index (χ3n) is 2.93. The maximum atomic E-state index is 12.1. The van der Waals surface area contributed by atoms with Crippen LogP contribution in [-0.4, -0.2) is 33.0 Å². The number of nitrogens with one attached hydrogen (secondary N) is 1. The highest BCUT2D eigenvalue weighted by Crippen LogP contribution is 2.29. The average molecular weight is 299 g/mol. The van der Waals surface area contributed by atoms with E-state index >= 15 is 0 Å². The van der Waals surface area contributed by atoms with Gasteiger partial charge in [-0.15, -0.1) is 0 Å². The molecule has 0 fully saturated rings. The van der Waals surface area contributed by atoms with Crippen LogP contribution in [-0.2, 0) is 0 Å². The van der Waals surface area contributed by atoms with E-state index in [1.54, 1.807) is 25.2 Å². The van der Waals surface area contributed by atoms with Gasteiger partial charge in [0.05, 0.1) is 6.04 Å². The zero-order valence-corrected chi connectivity index (χ0v) is 11.9. The molecule has 0 aliphatic rings. The number of H-pyrrole nitrogens is 1. The summed E-state index contributed by atoms with van der Waals surface area (Å²) in [5.41, 5.74) is 0.821. The second-order valence-corrected chi connectivity index (χ2v) is 4.94. The van der Waals surface area contributed by atoms with E-state index < -0.39 is 0 Å². The normalized spacial score (nSPS) is 12.2. The Labute approximate surface area is 120 Å². The maximum absolute atomic E-state index is 12.1. The van der Waals surface area contributed by atoms with Crippen LogP contribution < -0.4 is 0 Å². The number of halogens is 2. The van der Waals surface area contributed by atoms with Crippen molar-refractivity contribution in [2.24, 2.45) is 0 Å². The van der Waals surface area contributed by atoms with Crippen LogP contribution in [0.4, 0.5) is 0 Å². The highest BCUT2D eigenvalue weighted by atomic mass is 35.5. The molecule has 5 nitrogen and oxygen atoms in total. The van der Waals surface area contributed by atoms with Crippen molar-refractivity contribution in [1.82, 2.24) is 20.1 Å².